The average molecular weight is 482 g/mol. The third kappa shape index (κ3) is 8.28. The van der Waals surface area contributed by atoms with Crippen molar-refractivity contribution < 1.29 is 5.11 Å². The van der Waals surface area contributed by atoms with Gasteiger partial charge in [0, 0.05) is 32.6 Å². The van der Waals surface area contributed by atoms with Gasteiger partial charge in [-0.2, -0.15) is 0 Å². The quantitative estimate of drug-likeness (QED) is 0.308. The minimum Gasteiger partial charge on any atom is -0.396 e. The predicted molar refractivity (Wildman–Crippen MR) is 124 cm³/mol. The molecule has 2 rings (SSSR count). The second-order valence-corrected chi connectivity index (χ2v) is 6.65. The van der Waals surface area contributed by atoms with Crippen LogP contribution in [0.15, 0.2) is 59.6 Å². The fourth-order valence-corrected chi connectivity index (χ4v) is 2.77. The van der Waals surface area contributed by atoms with Crippen LogP contribution in [0.25, 0.3) is 0 Å². The smallest absolute Gasteiger partial charge is 0.191 e. The summed E-state index contributed by atoms with van der Waals surface area (Å²) >= 11 is 0. The van der Waals surface area contributed by atoms with Crippen molar-refractivity contribution in [3.63, 3.8) is 0 Å². The molecule has 0 spiro atoms. The van der Waals surface area contributed by atoms with E-state index in [4.69, 9.17) is 0 Å². The molecule has 0 heterocycles. The van der Waals surface area contributed by atoms with Gasteiger partial charge < -0.3 is 20.6 Å². The highest BCUT2D eigenvalue weighted by Crippen LogP contribution is 2.13. The maximum Gasteiger partial charge on any atom is 0.191 e. The zero-order valence-corrected chi connectivity index (χ0v) is 18.7. The summed E-state index contributed by atoms with van der Waals surface area (Å²) in [6.07, 6.45) is 0. The van der Waals surface area contributed by atoms with E-state index in [1.54, 1.807) is 7.05 Å². The molecule has 2 aromatic rings. The molecular formula is C21H31IN4O. The van der Waals surface area contributed by atoms with Gasteiger partial charge in [0.05, 0.1) is 6.61 Å². The van der Waals surface area contributed by atoms with Crippen LogP contribution in [0, 0.1) is 0 Å². The number of guanidine groups is 1. The molecule has 0 aliphatic rings. The SMILES string of the molecule is CN=C(NCc1ccc(CN(C)C)cc1)NCC(CO)c1ccccc1.I. The van der Waals surface area contributed by atoms with Crippen molar-refractivity contribution in [3.8, 4) is 0 Å². The Morgan fingerprint density at radius 2 is 1.63 bits per heavy atom. The predicted octanol–water partition coefficient (Wildman–Crippen LogP) is 2.81. The van der Waals surface area contributed by atoms with E-state index in [1.807, 2.05) is 30.3 Å². The number of aliphatic imine (C=N–C) groups is 1. The number of nitrogens with one attached hydrogen (secondary N) is 2. The second kappa shape index (κ2) is 12.7. The van der Waals surface area contributed by atoms with Gasteiger partial charge in [-0.3, -0.25) is 4.99 Å². The molecule has 0 aromatic heterocycles. The van der Waals surface area contributed by atoms with Crippen molar-refractivity contribution in [1.82, 2.24) is 15.5 Å². The van der Waals surface area contributed by atoms with Crippen molar-refractivity contribution in [3.05, 3.63) is 71.3 Å². The van der Waals surface area contributed by atoms with Crippen LogP contribution in [-0.4, -0.2) is 50.3 Å². The molecule has 3 N–H and O–H groups in total. The van der Waals surface area contributed by atoms with E-state index in [2.05, 4.69) is 58.9 Å². The van der Waals surface area contributed by atoms with E-state index >= 15 is 0 Å². The van der Waals surface area contributed by atoms with Crippen LogP contribution in [0.2, 0.25) is 0 Å². The highest BCUT2D eigenvalue weighted by Gasteiger charge is 2.10. The van der Waals surface area contributed by atoms with Crippen LogP contribution >= 0.6 is 24.0 Å². The standard InChI is InChI=1S/C21H30N4O.HI/c1-22-21(24-14-20(16-26)19-7-5-4-6-8-19)23-13-17-9-11-18(12-10-17)15-25(2)3;/h4-12,20,26H,13-16H2,1-3H3,(H2,22,23,24);1H. The number of nitrogens with zero attached hydrogens (tertiary/aromatic N) is 2. The van der Waals surface area contributed by atoms with E-state index < -0.39 is 0 Å². The van der Waals surface area contributed by atoms with E-state index in [0.29, 0.717) is 13.1 Å². The summed E-state index contributed by atoms with van der Waals surface area (Å²) in [4.78, 5) is 6.42. The molecule has 27 heavy (non-hydrogen) atoms. The third-order valence-corrected chi connectivity index (χ3v) is 4.21. The maximum atomic E-state index is 9.66. The molecule has 2 aromatic carbocycles. The lowest BCUT2D eigenvalue weighted by Crippen LogP contribution is -2.39. The Labute approximate surface area is 179 Å². The first kappa shape index (κ1) is 23.4. The number of hydrogen-bond acceptors (Lipinski definition) is 3. The van der Waals surface area contributed by atoms with Crippen LogP contribution in [0.1, 0.15) is 22.6 Å². The largest absolute Gasteiger partial charge is 0.396 e. The molecule has 0 saturated heterocycles. The Bertz CT molecular complexity index is 674. The van der Waals surface area contributed by atoms with Crippen molar-refractivity contribution in [2.24, 2.45) is 4.99 Å². The lowest BCUT2D eigenvalue weighted by atomic mass is 10.0. The van der Waals surface area contributed by atoms with Gasteiger partial charge in [-0.15, -0.1) is 24.0 Å². The van der Waals surface area contributed by atoms with Crippen molar-refractivity contribution in [1.29, 1.82) is 0 Å². The molecule has 0 saturated carbocycles. The lowest BCUT2D eigenvalue weighted by Gasteiger charge is -2.18. The Morgan fingerprint density at radius 1 is 1.00 bits per heavy atom. The molecule has 148 valence electrons. The second-order valence-electron chi connectivity index (χ2n) is 6.65. The molecule has 0 fully saturated rings. The molecule has 0 bridgehead atoms. The Kier molecular flexibility index (Phi) is 11.0. The molecule has 0 aliphatic heterocycles. The summed E-state index contributed by atoms with van der Waals surface area (Å²) in [6.45, 7) is 2.37. The Hall–Kier alpha value is -1.64. The van der Waals surface area contributed by atoms with E-state index in [9.17, 15) is 5.11 Å². The summed E-state index contributed by atoms with van der Waals surface area (Å²) in [5.41, 5.74) is 3.63. The van der Waals surface area contributed by atoms with Crippen LogP contribution in [-0.2, 0) is 13.1 Å². The van der Waals surface area contributed by atoms with Crippen molar-refractivity contribution >= 4 is 29.9 Å². The molecule has 1 atom stereocenters. The number of halogens is 1. The molecule has 0 amide bonds. The third-order valence-electron chi connectivity index (χ3n) is 4.21. The van der Waals surface area contributed by atoms with Gasteiger partial charge in [0.1, 0.15) is 0 Å². The first-order valence-electron chi connectivity index (χ1n) is 8.95. The highest BCUT2D eigenvalue weighted by molar-refractivity contribution is 14.0. The van der Waals surface area contributed by atoms with Crippen LogP contribution in [0.3, 0.4) is 0 Å². The summed E-state index contributed by atoms with van der Waals surface area (Å²) in [5.74, 6) is 0.775. The fraction of sp³-hybridized carbons (Fsp3) is 0.381. The summed E-state index contributed by atoms with van der Waals surface area (Å²) in [7, 11) is 5.90. The molecule has 0 radical (unpaired) electrons. The average Bonchev–Trinajstić information content (AvgIpc) is 2.66. The summed E-state index contributed by atoms with van der Waals surface area (Å²) in [6, 6.07) is 18.6. The molecular weight excluding hydrogens is 451 g/mol. The normalized spacial score (nSPS) is 12.4. The summed E-state index contributed by atoms with van der Waals surface area (Å²) in [5, 5.41) is 16.3. The van der Waals surface area contributed by atoms with Gasteiger partial charge >= 0.3 is 0 Å². The molecule has 1 unspecified atom stereocenters. The minimum absolute atomic E-state index is 0. The zero-order valence-electron chi connectivity index (χ0n) is 16.4. The number of aliphatic hydroxyl groups is 1. The van der Waals surface area contributed by atoms with Gasteiger partial charge in [-0.1, -0.05) is 54.6 Å². The number of benzene rings is 2. The van der Waals surface area contributed by atoms with E-state index in [0.717, 1.165) is 18.1 Å². The Balaban J connectivity index is 0.00000364. The van der Waals surface area contributed by atoms with Gasteiger partial charge in [-0.05, 0) is 30.8 Å². The van der Waals surface area contributed by atoms with E-state index in [-0.39, 0.29) is 36.5 Å². The number of aliphatic hydroxyl groups excluding tert-OH is 1. The van der Waals surface area contributed by atoms with E-state index in [1.165, 1.54) is 11.1 Å². The van der Waals surface area contributed by atoms with Crippen LogP contribution in [0.4, 0.5) is 0 Å². The van der Waals surface area contributed by atoms with Gasteiger partial charge in [0.15, 0.2) is 5.96 Å². The van der Waals surface area contributed by atoms with Crippen molar-refractivity contribution in [2.75, 3.05) is 34.3 Å². The lowest BCUT2D eigenvalue weighted by molar-refractivity contribution is 0.265. The van der Waals surface area contributed by atoms with Crippen molar-refractivity contribution in [2.45, 2.75) is 19.0 Å². The highest BCUT2D eigenvalue weighted by atomic mass is 127. The van der Waals surface area contributed by atoms with Gasteiger partial charge in [0.2, 0.25) is 0 Å². The summed E-state index contributed by atoms with van der Waals surface area (Å²) < 4.78 is 0. The first-order valence-corrected chi connectivity index (χ1v) is 8.95. The zero-order chi connectivity index (χ0) is 18.8. The van der Waals surface area contributed by atoms with Crippen LogP contribution < -0.4 is 10.6 Å². The maximum absolute atomic E-state index is 9.66. The minimum atomic E-state index is 0. The molecule has 5 nitrogen and oxygen atoms in total. The topological polar surface area (TPSA) is 59.9 Å². The number of hydrogen-bond donors (Lipinski definition) is 3. The Morgan fingerprint density at radius 3 is 2.19 bits per heavy atom. The number of rotatable bonds is 8. The van der Waals surface area contributed by atoms with Gasteiger partial charge in [-0.25, -0.2) is 0 Å². The monoisotopic (exact) mass is 482 g/mol. The first-order chi connectivity index (χ1) is 12.6. The molecule has 0 aliphatic carbocycles. The molecule has 6 heteroatoms. The van der Waals surface area contributed by atoms with Gasteiger partial charge in [0.25, 0.3) is 0 Å². The fourth-order valence-electron chi connectivity index (χ4n) is 2.77. The van der Waals surface area contributed by atoms with Crippen LogP contribution in [0.5, 0.6) is 0 Å².